The molecule has 0 aliphatic carbocycles. The molecule has 0 aromatic carbocycles. The predicted molar refractivity (Wildman–Crippen MR) is 55.2 cm³/mol. The van der Waals surface area contributed by atoms with E-state index >= 15 is 0 Å². The second-order valence-electron chi connectivity index (χ2n) is 3.03. The minimum atomic E-state index is 0.772. The molecule has 0 saturated carbocycles. The molecule has 0 radical (unpaired) electrons. The highest BCUT2D eigenvalue weighted by molar-refractivity contribution is 6.30. The van der Waals surface area contributed by atoms with E-state index in [1.165, 1.54) is 0 Å². The number of aryl methyl sites for hydroxylation is 1. The summed E-state index contributed by atoms with van der Waals surface area (Å²) in [5.41, 5.74) is 0.996. The molecular weight excluding hydrogens is 186 g/mol. The van der Waals surface area contributed by atoms with Gasteiger partial charge in [0.2, 0.25) is 0 Å². The van der Waals surface area contributed by atoms with Gasteiger partial charge in [-0.2, -0.15) is 0 Å². The Bertz CT molecular complexity index is 281. The number of likely N-dealkylation sites (N-methyl/N-ethyl adjacent to an activating group) is 1. The van der Waals surface area contributed by atoms with E-state index in [9.17, 15) is 0 Å². The van der Waals surface area contributed by atoms with Gasteiger partial charge in [0.05, 0.1) is 5.69 Å². The molecule has 0 fully saturated rings. The van der Waals surface area contributed by atoms with Crippen molar-refractivity contribution >= 4 is 11.6 Å². The first-order valence-corrected chi connectivity index (χ1v) is 4.93. The molecule has 0 amide bonds. The number of nitrogens with zero attached hydrogens (tertiary/aromatic N) is 2. The highest BCUT2D eigenvalue weighted by atomic mass is 35.5. The first-order valence-electron chi connectivity index (χ1n) is 4.55. The quantitative estimate of drug-likeness (QED) is 0.798. The molecular formula is C9H16ClN3. The molecule has 0 spiro atoms. The maximum absolute atomic E-state index is 6.07. The number of rotatable bonds is 4. The highest BCUT2D eigenvalue weighted by Crippen LogP contribution is 2.16. The van der Waals surface area contributed by atoms with Crippen molar-refractivity contribution in [2.24, 2.45) is 7.05 Å². The molecule has 0 aliphatic heterocycles. The minimum Gasteiger partial charge on any atom is -0.322 e. The lowest BCUT2D eigenvalue weighted by Crippen LogP contribution is -2.13. The van der Waals surface area contributed by atoms with E-state index < -0.39 is 0 Å². The van der Waals surface area contributed by atoms with Crippen LogP contribution in [0.3, 0.4) is 0 Å². The lowest BCUT2D eigenvalue weighted by molar-refractivity contribution is 0.717. The van der Waals surface area contributed by atoms with E-state index in [1.807, 2.05) is 18.7 Å². The van der Waals surface area contributed by atoms with E-state index in [0.29, 0.717) is 0 Å². The van der Waals surface area contributed by atoms with Crippen LogP contribution in [0.15, 0.2) is 0 Å². The Morgan fingerprint density at radius 3 is 2.69 bits per heavy atom. The summed E-state index contributed by atoms with van der Waals surface area (Å²) in [6, 6.07) is 0. The molecule has 0 atom stereocenters. The summed E-state index contributed by atoms with van der Waals surface area (Å²) in [7, 11) is 3.89. The molecule has 0 aliphatic rings. The van der Waals surface area contributed by atoms with E-state index in [0.717, 1.165) is 36.1 Å². The van der Waals surface area contributed by atoms with Gasteiger partial charge in [0.15, 0.2) is 0 Å². The van der Waals surface area contributed by atoms with Gasteiger partial charge in [-0.1, -0.05) is 18.5 Å². The topological polar surface area (TPSA) is 29.9 Å². The van der Waals surface area contributed by atoms with Gasteiger partial charge in [-0.05, 0) is 13.5 Å². The highest BCUT2D eigenvalue weighted by Gasteiger charge is 2.09. The molecule has 0 unspecified atom stereocenters. The third-order valence-corrected chi connectivity index (χ3v) is 2.59. The largest absolute Gasteiger partial charge is 0.322 e. The van der Waals surface area contributed by atoms with Crippen molar-refractivity contribution in [2.75, 3.05) is 13.6 Å². The van der Waals surface area contributed by atoms with Gasteiger partial charge in [0, 0.05) is 20.0 Å². The Labute approximate surface area is 84.1 Å². The zero-order chi connectivity index (χ0) is 9.84. The first kappa shape index (κ1) is 10.5. The molecule has 4 heteroatoms. The second-order valence-corrected chi connectivity index (χ2v) is 3.39. The Kier molecular flexibility index (Phi) is 3.75. The molecule has 1 heterocycles. The zero-order valence-corrected chi connectivity index (χ0v) is 9.15. The summed E-state index contributed by atoms with van der Waals surface area (Å²) in [5, 5.41) is 3.87. The normalized spacial score (nSPS) is 10.8. The van der Waals surface area contributed by atoms with Crippen LogP contribution in [0.4, 0.5) is 0 Å². The van der Waals surface area contributed by atoms with E-state index in [4.69, 9.17) is 11.6 Å². The van der Waals surface area contributed by atoms with Crippen molar-refractivity contribution in [2.45, 2.75) is 19.8 Å². The number of halogens is 1. The van der Waals surface area contributed by atoms with Crippen LogP contribution in [0, 0.1) is 0 Å². The summed E-state index contributed by atoms with van der Waals surface area (Å²) in [6.45, 7) is 3.00. The van der Waals surface area contributed by atoms with Crippen LogP contribution in [0.2, 0.25) is 5.15 Å². The molecule has 1 rings (SSSR count). The average molecular weight is 202 g/mol. The fourth-order valence-electron chi connectivity index (χ4n) is 1.27. The van der Waals surface area contributed by atoms with Crippen LogP contribution in [-0.2, 0) is 19.9 Å². The molecule has 13 heavy (non-hydrogen) atoms. The van der Waals surface area contributed by atoms with Crippen molar-refractivity contribution in [3.8, 4) is 0 Å². The number of hydrogen-bond acceptors (Lipinski definition) is 2. The summed E-state index contributed by atoms with van der Waals surface area (Å²) >= 11 is 6.07. The average Bonchev–Trinajstić information content (AvgIpc) is 2.41. The van der Waals surface area contributed by atoms with Crippen molar-refractivity contribution in [3.63, 3.8) is 0 Å². The summed E-state index contributed by atoms with van der Waals surface area (Å²) < 4.78 is 1.96. The van der Waals surface area contributed by atoms with Crippen LogP contribution >= 0.6 is 11.6 Å². The lowest BCUT2D eigenvalue weighted by Gasteiger charge is -2.00. The Hall–Kier alpha value is -0.540. The lowest BCUT2D eigenvalue weighted by atomic mass is 10.4. The van der Waals surface area contributed by atoms with Gasteiger partial charge >= 0.3 is 0 Å². The van der Waals surface area contributed by atoms with Crippen molar-refractivity contribution in [1.29, 1.82) is 0 Å². The maximum Gasteiger partial charge on any atom is 0.131 e. The zero-order valence-electron chi connectivity index (χ0n) is 8.39. The summed E-state index contributed by atoms with van der Waals surface area (Å²) in [4.78, 5) is 4.46. The Morgan fingerprint density at radius 2 is 2.23 bits per heavy atom. The van der Waals surface area contributed by atoms with Gasteiger partial charge in [0.25, 0.3) is 0 Å². The van der Waals surface area contributed by atoms with Crippen LogP contribution in [0.5, 0.6) is 0 Å². The summed E-state index contributed by atoms with van der Waals surface area (Å²) in [6.07, 6.45) is 1.82. The SMILES string of the molecule is CCc1nc(CCNC)n(C)c1Cl. The van der Waals surface area contributed by atoms with Crippen LogP contribution < -0.4 is 5.32 Å². The number of hydrogen-bond donors (Lipinski definition) is 1. The fourth-order valence-corrected chi connectivity index (χ4v) is 1.54. The van der Waals surface area contributed by atoms with Gasteiger partial charge in [0.1, 0.15) is 11.0 Å². The standard InChI is InChI=1S/C9H16ClN3/c1-4-7-9(10)13(3)8(12-7)5-6-11-2/h11H,4-6H2,1-3H3. The van der Waals surface area contributed by atoms with Crippen LogP contribution in [0.25, 0.3) is 0 Å². The Balaban J connectivity index is 2.82. The van der Waals surface area contributed by atoms with Gasteiger partial charge in [-0.25, -0.2) is 4.98 Å². The van der Waals surface area contributed by atoms with E-state index in [1.54, 1.807) is 0 Å². The van der Waals surface area contributed by atoms with Crippen molar-refractivity contribution in [3.05, 3.63) is 16.7 Å². The molecule has 1 N–H and O–H groups in total. The van der Waals surface area contributed by atoms with Gasteiger partial charge in [-0.3, -0.25) is 0 Å². The molecule has 74 valence electrons. The molecule has 0 saturated heterocycles. The third kappa shape index (κ3) is 2.23. The second kappa shape index (κ2) is 4.63. The van der Waals surface area contributed by atoms with Gasteiger partial charge in [-0.15, -0.1) is 0 Å². The monoisotopic (exact) mass is 201 g/mol. The summed E-state index contributed by atoms with van der Waals surface area (Å²) in [5.74, 6) is 1.05. The number of aromatic nitrogens is 2. The molecule has 1 aromatic rings. The number of imidazole rings is 1. The van der Waals surface area contributed by atoms with Crippen molar-refractivity contribution < 1.29 is 0 Å². The van der Waals surface area contributed by atoms with Crippen LogP contribution in [0.1, 0.15) is 18.4 Å². The maximum atomic E-state index is 6.07. The molecule has 3 nitrogen and oxygen atoms in total. The molecule has 1 aromatic heterocycles. The minimum absolute atomic E-state index is 0.772. The van der Waals surface area contributed by atoms with E-state index in [2.05, 4.69) is 17.2 Å². The smallest absolute Gasteiger partial charge is 0.131 e. The fraction of sp³-hybridized carbons (Fsp3) is 0.667. The number of nitrogens with one attached hydrogen (secondary N) is 1. The van der Waals surface area contributed by atoms with E-state index in [-0.39, 0.29) is 0 Å². The molecule has 0 bridgehead atoms. The predicted octanol–water partition coefficient (Wildman–Crippen LogP) is 1.40. The van der Waals surface area contributed by atoms with Crippen LogP contribution in [-0.4, -0.2) is 23.1 Å². The van der Waals surface area contributed by atoms with Crippen molar-refractivity contribution in [1.82, 2.24) is 14.9 Å². The third-order valence-electron chi connectivity index (χ3n) is 2.12. The first-order chi connectivity index (χ1) is 6.20. The van der Waals surface area contributed by atoms with Gasteiger partial charge < -0.3 is 9.88 Å². The Morgan fingerprint density at radius 1 is 1.54 bits per heavy atom.